The zero-order valence-corrected chi connectivity index (χ0v) is 12.0. The first-order valence-electron chi connectivity index (χ1n) is 7.38. The van der Waals surface area contributed by atoms with Crippen molar-refractivity contribution in [3.63, 3.8) is 0 Å². The van der Waals surface area contributed by atoms with Gasteiger partial charge in [-0.05, 0) is 36.8 Å². The first-order chi connectivity index (χ1) is 9.60. The molecular formula is C15H23N3O2. The average Bonchev–Trinajstić information content (AvgIpc) is 2.45. The quantitative estimate of drug-likeness (QED) is 0.487. The maximum atomic E-state index is 10.7. The minimum absolute atomic E-state index is 0.0287. The van der Waals surface area contributed by atoms with Crippen LogP contribution in [-0.2, 0) is 0 Å². The molecule has 0 aliphatic heterocycles. The number of anilines is 2. The predicted octanol–water partition coefficient (Wildman–Crippen LogP) is 3.81. The van der Waals surface area contributed by atoms with Crippen LogP contribution in [0.1, 0.15) is 39.0 Å². The molecular weight excluding hydrogens is 254 g/mol. The summed E-state index contributed by atoms with van der Waals surface area (Å²) in [5.74, 6) is 1.61. The molecule has 0 spiro atoms. The predicted molar refractivity (Wildman–Crippen MR) is 81.7 cm³/mol. The molecule has 1 aliphatic carbocycles. The number of nitrogen functional groups attached to an aromatic ring is 1. The third-order valence-electron chi connectivity index (χ3n) is 4.36. The topological polar surface area (TPSA) is 81.2 Å². The van der Waals surface area contributed by atoms with Gasteiger partial charge in [-0.15, -0.1) is 0 Å². The molecule has 1 aliphatic rings. The normalized spacial score (nSPS) is 22.4. The molecule has 0 bridgehead atoms. The van der Waals surface area contributed by atoms with Crippen LogP contribution in [0.4, 0.5) is 17.1 Å². The molecule has 0 aromatic heterocycles. The van der Waals surface area contributed by atoms with Gasteiger partial charge in [-0.1, -0.05) is 26.2 Å². The maximum absolute atomic E-state index is 10.7. The second-order valence-corrected chi connectivity index (χ2v) is 5.71. The molecule has 1 aromatic carbocycles. The van der Waals surface area contributed by atoms with Crippen LogP contribution in [-0.4, -0.2) is 11.5 Å². The molecule has 3 N–H and O–H groups in total. The fourth-order valence-electron chi connectivity index (χ4n) is 2.94. The van der Waals surface area contributed by atoms with Gasteiger partial charge < -0.3 is 11.1 Å². The third kappa shape index (κ3) is 3.62. The van der Waals surface area contributed by atoms with Crippen LogP contribution < -0.4 is 11.1 Å². The molecule has 5 heteroatoms. The second kappa shape index (κ2) is 6.59. The lowest BCUT2D eigenvalue weighted by atomic mass is 9.81. The Labute approximate surface area is 119 Å². The number of hydrogen-bond acceptors (Lipinski definition) is 4. The van der Waals surface area contributed by atoms with Crippen molar-refractivity contribution < 1.29 is 4.92 Å². The van der Waals surface area contributed by atoms with Crippen molar-refractivity contribution in [2.45, 2.75) is 39.0 Å². The highest BCUT2D eigenvalue weighted by atomic mass is 16.6. The number of nitro benzene ring substituents is 1. The number of hydrogen-bond donors (Lipinski definition) is 2. The fraction of sp³-hybridized carbons (Fsp3) is 0.600. The molecule has 0 saturated heterocycles. The Morgan fingerprint density at radius 3 is 2.50 bits per heavy atom. The molecule has 0 radical (unpaired) electrons. The summed E-state index contributed by atoms with van der Waals surface area (Å²) in [6, 6.07) is 4.84. The number of nitro groups is 1. The molecule has 20 heavy (non-hydrogen) atoms. The van der Waals surface area contributed by atoms with Gasteiger partial charge in [-0.25, -0.2) is 0 Å². The Morgan fingerprint density at radius 1 is 1.30 bits per heavy atom. The second-order valence-electron chi connectivity index (χ2n) is 5.71. The summed E-state index contributed by atoms with van der Waals surface area (Å²) < 4.78 is 0. The van der Waals surface area contributed by atoms with Crippen LogP contribution in [0.5, 0.6) is 0 Å². The lowest BCUT2D eigenvalue weighted by molar-refractivity contribution is -0.383. The summed E-state index contributed by atoms with van der Waals surface area (Å²) in [6.07, 6.45) is 6.48. The number of nitrogens with one attached hydrogen (secondary N) is 1. The SMILES string of the molecule is CCC1CCC(CNc2ccc([N+](=O)[O-])c(N)c2)CC1. The number of rotatable bonds is 5. The van der Waals surface area contributed by atoms with Crippen molar-refractivity contribution >= 4 is 17.1 Å². The van der Waals surface area contributed by atoms with Crippen molar-refractivity contribution in [2.24, 2.45) is 11.8 Å². The molecule has 110 valence electrons. The van der Waals surface area contributed by atoms with Crippen molar-refractivity contribution in [3.8, 4) is 0 Å². The van der Waals surface area contributed by atoms with Gasteiger partial charge in [0, 0.05) is 18.3 Å². The summed E-state index contributed by atoms with van der Waals surface area (Å²) in [4.78, 5) is 10.2. The average molecular weight is 277 g/mol. The molecule has 0 unspecified atom stereocenters. The fourth-order valence-corrected chi connectivity index (χ4v) is 2.94. The van der Waals surface area contributed by atoms with E-state index >= 15 is 0 Å². The molecule has 2 rings (SSSR count). The molecule has 5 nitrogen and oxygen atoms in total. The van der Waals surface area contributed by atoms with E-state index in [1.165, 1.54) is 38.2 Å². The minimum atomic E-state index is -0.453. The van der Waals surface area contributed by atoms with Crippen LogP contribution in [0.2, 0.25) is 0 Å². The van der Waals surface area contributed by atoms with Gasteiger partial charge in [0.15, 0.2) is 0 Å². The van der Waals surface area contributed by atoms with E-state index in [1.807, 2.05) is 0 Å². The van der Waals surface area contributed by atoms with Gasteiger partial charge in [0.25, 0.3) is 5.69 Å². The largest absolute Gasteiger partial charge is 0.393 e. The van der Waals surface area contributed by atoms with Gasteiger partial charge in [0.05, 0.1) is 4.92 Å². The highest BCUT2D eigenvalue weighted by Gasteiger charge is 2.19. The summed E-state index contributed by atoms with van der Waals surface area (Å²) in [6.45, 7) is 3.19. The highest BCUT2D eigenvalue weighted by molar-refractivity contribution is 5.65. The van der Waals surface area contributed by atoms with Crippen LogP contribution in [0.25, 0.3) is 0 Å². The first-order valence-corrected chi connectivity index (χ1v) is 7.38. The Morgan fingerprint density at radius 2 is 1.95 bits per heavy atom. The third-order valence-corrected chi connectivity index (χ3v) is 4.36. The number of nitrogens with two attached hydrogens (primary N) is 1. The van der Waals surface area contributed by atoms with Crippen molar-refractivity contribution in [3.05, 3.63) is 28.3 Å². The van der Waals surface area contributed by atoms with E-state index in [9.17, 15) is 10.1 Å². The van der Waals surface area contributed by atoms with E-state index in [4.69, 9.17) is 5.73 Å². The molecule has 0 amide bonds. The van der Waals surface area contributed by atoms with Crippen LogP contribution in [0.3, 0.4) is 0 Å². The van der Waals surface area contributed by atoms with E-state index < -0.39 is 4.92 Å². The maximum Gasteiger partial charge on any atom is 0.292 e. The Kier molecular flexibility index (Phi) is 4.82. The van der Waals surface area contributed by atoms with Gasteiger partial charge in [-0.3, -0.25) is 10.1 Å². The standard InChI is InChI=1S/C15H23N3O2/c1-2-11-3-5-12(6-4-11)10-17-13-7-8-15(18(19)20)14(16)9-13/h7-9,11-12,17H,2-6,10,16H2,1H3. The lowest BCUT2D eigenvalue weighted by Crippen LogP contribution is -2.21. The van der Waals surface area contributed by atoms with Crippen LogP contribution in [0.15, 0.2) is 18.2 Å². The lowest BCUT2D eigenvalue weighted by Gasteiger charge is -2.28. The number of nitrogens with zero attached hydrogens (tertiary/aromatic N) is 1. The summed E-state index contributed by atoms with van der Waals surface area (Å²) in [7, 11) is 0. The molecule has 0 heterocycles. The minimum Gasteiger partial charge on any atom is -0.393 e. The van der Waals surface area contributed by atoms with E-state index in [2.05, 4.69) is 12.2 Å². The van der Waals surface area contributed by atoms with E-state index in [-0.39, 0.29) is 11.4 Å². The summed E-state index contributed by atoms with van der Waals surface area (Å²) in [5.41, 5.74) is 6.74. The zero-order valence-electron chi connectivity index (χ0n) is 12.0. The van der Waals surface area contributed by atoms with Crippen molar-refractivity contribution in [1.29, 1.82) is 0 Å². The Balaban J connectivity index is 1.85. The summed E-state index contributed by atoms with van der Waals surface area (Å²) in [5, 5.41) is 14.1. The van der Waals surface area contributed by atoms with Gasteiger partial charge in [0.1, 0.15) is 5.69 Å². The molecule has 1 fully saturated rings. The van der Waals surface area contributed by atoms with Crippen LogP contribution in [0, 0.1) is 22.0 Å². The molecule has 0 atom stereocenters. The van der Waals surface area contributed by atoms with E-state index in [1.54, 1.807) is 12.1 Å². The van der Waals surface area contributed by atoms with Gasteiger partial charge in [-0.2, -0.15) is 0 Å². The smallest absolute Gasteiger partial charge is 0.292 e. The van der Waals surface area contributed by atoms with Crippen LogP contribution >= 0.6 is 0 Å². The van der Waals surface area contributed by atoms with Crippen molar-refractivity contribution in [2.75, 3.05) is 17.6 Å². The Hall–Kier alpha value is -1.78. The van der Waals surface area contributed by atoms with E-state index in [0.29, 0.717) is 5.92 Å². The zero-order chi connectivity index (χ0) is 14.5. The molecule has 1 saturated carbocycles. The first kappa shape index (κ1) is 14.6. The summed E-state index contributed by atoms with van der Waals surface area (Å²) >= 11 is 0. The van der Waals surface area contributed by atoms with E-state index in [0.717, 1.165) is 18.2 Å². The number of benzene rings is 1. The van der Waals surface area contributed by atoms with Gasteiger partial charge in [0.2, 0.25) is 0 Å². The van der Waals surface area contributed by atoms with Crippen molar-refractivity contribution in [1.82, 2.24) is 0 Å². The Bertz CT molecular complexity index is 468. The highest BCUT2D eigenvalue weighted by Crippen LogP contribution is 2.31. The monoisotopic (exact) mass is 277 g/mol. The molecule has 1 aromatic rings. The van der Waals surface area contributed by atoms with Gasteiger partial charge >= 0.3 is 0 Å².